The lowest BCUT2D eigenvalue weighted by atomic mass is 10.2. The predicted octanol–water partition coefficient (Wildman–Crippen LogP) is -0.204. The van der Waals surface area contributed by atoms with Gasteiger partial charge in [0.2, 0.25) is 23.6 Å². The summed E-state index contributed by atoms with van der Waals surface area (Å²) < 4.78 is 11.8. The van der Waals surface area contributed by atoms with E-state index >= 15 is 0 Å². The van der Waals surface area contributed by atoms with Gasteiger partial charge >= 0.3 is 7.60 Å². The molecule has 2 heterocycles. The van der Waals surface area contributed by atoms with Crippen LogP contribution in [0, 0.1) is 0 Å². The fourth-order valence-corrected chi connectivity index (χ4v) is 3.61. The average Bonchev–Trinajstić information content (AvgIpc) is 3.00. The van der Waals surface area contributed by atoms with Crippen LogP contribution in [0.4, 0.5) is 11.4 Å². The summed E-state index contributed by atoms with van der Waals surface area (Å²) in [6.45, 7) is 0. The van der Waals surface area contributed by atoms with Crippen LogP contribution >= 0.6 is 7.60 Å². The summed E-state index contributed by atoms with van der Waals surface area (Å²) in [5.41, 5.74) is -0.547. The second-order valence-corrected chi connectivity index (χ2v) is 7.00. The molecule has 3 rings (SSSR count). The van der Waals surface area contributed by atoms with Crippen LogP contribution in [0.1, 0.15) is 25.7 Å². The Hall–Kier alpha value is -2.35. The van der Waals surface area contributed by atoms with Crippen LogP contribution in [-0.4, -0.2) is 33.4 Å². The van der Waals surface area contributed by atoms with Crippen molar-refractivity contribution in [3.05, 3.63) is 18.2 Å². The fourth-order valence-electron chi connectivity index (χ4n) is 2.84. The Balaban J connectivity index is 2.29. The molecule has 0 radical (unpaired) electrons. The second-order valence-electron chi connectivity index (χ2n) is 5.43. The average molecular weight is 352 g/mol. The Bertz CT molecular complexity index is 796. The first-order valence-corrected chi connectivity index (χ1v) is 8.73. The van der Waals surface area contributed by atoms with Gasteiger partial charge < -0.3 is 9.79 Å². The van der Waals surface area contributed by atoms with E-state index in [1.165, 1.54) is 12.1 Å². The Morgan fingerprint density at radius 1 is 0.792 bits per heavy atom. The van der Waals surface area contributed by atoms with E-state index in [-0.39, 0.29) is 37.1 Å². The monoisotopic (exact) mass is 352 g/mol. The highest BCUT2D eigenvalue weighted by atomic mass is 31.2. The summed E-state index contributed by atoms with van der Waals surface area (Å²) in [6, 6.07) is 3.62. The van der Waals surface area contributed by atoms with Crippen molar-refractivity contribution in [2.24, 2.45) is 0 Å². The first-order valence-electron chi connectivity index (χ1n) is 7.12. The van der Waals surface area contributed by atoms with E-state index < -0.39 is 36.5 Å². The smallest absolute Gasteiger partial charge is 0.321 e. The molecule has 1 aromatic carbocycles. The minimum atomic E-state index is -4.86. The molecule has 0 atom stereocenters. The first-order chi connectivity index (χ1) is 11.2. The lowest BCUT2D eigenvalue weighted by Crippen LogP contribution is -2.37. The lowest BCUT2D eigenvalue weighted by molar-refractivity contribution is -0.123. The third kappa shape index (κ3) is 2.56. The zero-order valence-electron chi connectivity index (χ0n) is 12.3. The SMILES string of the molecule is O=C1CCC(=O)N1c1cccc(P(=O)(O)O)c1N1C(=O)CCC1=O. The van der Waals surface area contributed by atoms with Crippen molar-refractivity contribution in [1.29, 1.82) is 0 Å². The van der Waals surface area contributed by atoms with Gasteiger partial charge in [-0.1, -0.05) is 6.07 Å². The number of carbonyl (C=O) groups is 4. The molecule has 9 nitrogen and oxygen atoms in total. The number of benzene rings is 1. The molecule has 2 aliphatic rings. The summed E-state index contributed by atoms with van der Waals surface area (Å²) in [7, 11) is -4.86. The number of hydrogen-bond acceptors (Lipinski definition) is 5. The van der Waals surface area contributed by atoms with E-state index in [0.29, 0.717) is 4.90 Å². The molecule has 4 amide bonds. The third-order valence-electron chi connectivity index (χ3n) is 3.87. The van der Waals surface area contributed by atoms with Crippen LogP contribution in [0.5, 0.6) is 0 Å². The largest absolute Gasteiger partial charge is 0.358 e. The maximum atomic E-state index is 12.1. The van der Waals surface area contributed by atoms with Gasteiger partial charge in [0.15, 0.2) is 0 Å². The van der Waals surface area contributed by atoms with Crippen LogP contribution in [0.2, 0.25) is 0 Å². The van der Waals surface area contributed by atoms with Crippen molar-refractivity contribution < 1.29 is 33.5 Å². The molecule has 2 fully saturated rings. The minimum Gasteiger partial charge on any atom is -0.321 e. The number of amides is 4. The Morgan fingerprint density at radius 3 is 1.71 bits per heavy atom. The second kappa shape index (κ2) is 5.62. The van der Waals surface area contributed by atoms with Crippen molar-refractivity contribution in [1.82, 2.24) is 0 Å². The molecule has 24 heavy (non-hydrogen) atoms. The first kappa shape index (κ1) is 16.5. The van der Waals surface area contributed by atoms with E-state index in [1.807, 2.05) is 0 Å². The minimum absolute atomic E-state index is 0.0414. The summed E-state index contributed by atoms with van der Waals surface area (Å²) >= 11 is 0. The van der Waals surface area contributed by atoms with Gasteiger partial charge in [-0.25, -0.2) is 9.80 Å². The standard InChI is InChI=1S/C14H13N2O7P/c17-10-4-5-11(18)15(10)8-2-1-3-9(24(21,22)23)14(8)16-12(19)6-7-13(16)20/h1-3H,4-7H2,(H2,21,22,23). The maximum Gasteiger partial charge on any atom is 0.358 e. The number of nitrogens with zero attached hydrogens (tertiary/aromatic N) is 2. The van der Waals surface area contributed by atoms with E-state index in [2.05, 4.69) is 0 Å². The third-order valence-corrected chi connectivity index (χ3v) is 4.86. The molecule has 0 unspecified atom stereocenters. The van der Waals surface area contributed by atoms with E-state index in [4.69, 9.17) is 0 Å². The van der Waals surface area contributed by atoms with Crippen LogP contribution in [-0.2, 0) is 23.7 Å². The van der Waals surface area contributed by atoms with E-state index in [0.717, 1.165) is 11.0 Å². The van der Waals surface area contributed by atoms with Crippen molar-refractivity contribution >= 4 is 47.9 Å². The molecule has 0 aromatic heterocycles. The predicted molar refractivity (Wildman–Crippen MR) is 81.6 cm³/mol. The molecule has 1 aromatic rings. The highest BCUT2D eigenvalue weighted by molar-refractivity contribution is 7.60. The normalized spacial score (nSPS) is 18.9. The van der Waals surface area contributed by atoms with Crippen molar-refractivity contribution in [2.75, 3.05) is 9.80 Å². The zero-order valence-corrected chi connectivity index (χ0v) is 13.2. The van der Waals surface area contributed by atoms with Crippen LogP contribution in [0.3, 0.4) is 0 Å². The van der Waals surface area contributed by atoms with Gasteiger partial charge in [0.05, 0.1) is 16.7 Å². The Morgan fingerprint density at radius 2 is 1.25 bits per heavy atom. The molecule has 10 heteroatoms. The molecule has 2 N–H and O–H groups in total. The number of imide groups is 2. The van der Waals surface area contributed by atoms with Gasteiger partial charge in [0.25, 0.3) is 0 Å². The summed E-state index contributed by atoms with van der Waals surface area (Å²) in [5.74, 6) is -2.38. The number of para-hydroxylation sites is 1. The number of carbonyl (C=O) groups excluding carboxylic acids is 4. The number of hydrogen-bond donors (Lipinski definition) is 2. The molecule has 0 aliphatic carbocycles. The molecular weight excluding hydrogens is 339 g/mol. The molecule has 2 aliphatic heterocycles. The van der Waals surface area contributed by atoms with Gasteiger partial charge in [-0.15, -0.1) is 0 Å². The van der Waals surface area contributed by atoms with Crippen molar-refractivity contribution in [3.8, 4) is 0 Å². The molecule has 0 spiro atoms. The maximum absolute atomic E-state index is 12.1. The summed E-state index contributed by atoms with van der Waals surface area (Å²) in [5, 5.41) is -0.573. The van der Waals surface area contributed by atoms with E-state index in [1.54, 1.807) is 0 Å². The van der Waals surface area contributed by atoms with Crippen LogP contribution < -0.4 is 15.1 Å². The molecular formula is C14H13N2O7P. The quantitative estimate of drug-likeness (QED) is 0.568. The molecule has 0 saturated carbocycles. The van der Waals surface area contributed by atoms with Crippen LogP contribution in [0.15, 0.2) is 18.2 Å². The van der Waals surface area contributed by atoms with Crippen molar-refractivity contribution in [3.63, 3.8) is 0 Å². The highest BCUT2D eigenvalue weighted by Gasteiger charge is 2.41. The van der Waals surface area contributed by atoms with Gasteiger partial charge in [-0.3, -0.25) is 23.7 Å². The van der Waals surface area contributed by atoms with E-state index in [9.17, 15) is 33.5 Å². The van der Waals surface area contributed by atoms with Gasteiger partial charge in [0, 0.05) is 25.7 Å². The molecule has 2 saturated heterocycles. The van der Waals surface area contributed by atoms with Crippen molar-refractivity contribution in [2.45, 2.75) is 25.7 Å². The topological polar surface area (TPSA) is 132 Å². The zero-order chi connectivity index (χ0) is 17.6. The lowest BCUT2D eigenvalue weighted by Gasteiger charge is -2.25. The summed E-state index contributed by atoms with van der Waals surface area (Å²) in [4.78, 5) is 68.7. The van der Waals surface area contributed by atoms with Gasteiger partial charge in [-0.2, -0.15) is 0 Å². The van der Waals surface area contributed by atoms with Crippen LogP contribution in [0.25, 0.3) is 0 Å². The number of rotatable bonds is 3. The number of anilines is 2. The van der Waals surface area contributed by atoms with Gasteiger partial charge in [-0.05, 0) is 12.1 Å². The Kier molecular flexibility index (Phi) is 3.87. The molecule has 126 valence electrons. The van der Waals surface area contributed by atoms with Gasteiger partial charge in [0.1, 0.15) is 0 Å². The molecule has 0 bridgehead atoms. The highest BCUT2D eigenvalue weighted by Crippen LogP contribution is 2.43. The Labute approximate surface area is 136 Å². The summed E-state index contributed by atoms with van der Waals surface area (Å²) in [6.07, 6.45) is -0.286. The fraction of sp³-hybridized carbons (Fsp3) is 0.286.